The molecule has 3 rings (SSSR count). The number of esters is 3. The highest BCUT2D eigenvalue weighted by Crippen LogP contribution is 2.32. The summed E-state index contributed by atoms with van der Waals surface area (Å²) in [6.07, 6.45) is 6.78. The van der Waals surface area contributed by atoms with Gasteiger partial charge in [-0.1, -0.05) is 38.6 Å². The van der Waals surface area contributed by atoms with E-state index >= 15 is 0 Å². The summed E-state index contributed by atoms with van der Waals surface area (Å²) in [5.74, 6) is -0.438. The van der Waals surface area contributed by atoms with Crippen LogP contribution >= 0.6 is 0 Å². The zero-order chi connectivity index (χ0) is 28.2. The summed E-state index contributed by atoms with van der Waals surface area (Å²) >= 11 is 0. The molecule has 0 radical (unpaired) electrons. The molecule has 0 saturated carbocycles. The molecule has 0 fully saturated rings. The maximum absolute atomic E-state index is 12.9. The van der Waals surface area contributed by atoms with Crippen LogP contribution in [0.3, 0.4) is 0 Å². The van der Waals surface area contributed by atoms with Gasteiger partial charge >= 0.3 is 17.9 Å². The van der Waals surface area contributed by atoms with E-state index in [4.69, 9.17) is 23.7 Å². The number of carbonyl (C=O) groups is 3. The molecular formula is C31H34O8. The van der Waals surface area contributed by atoms with Crippen LogP contribution in [0.4, 0.5) is 0 Å². The Morgan fingerprint density at radius 2 is 1.56 bits per heavy atom. The number of rotatable bonds is 13. The molecule has 1 aliphatic rings. The van der Waals surface area contributed by atoms with E-state index in [0.29, 0.717) is 54.6 Å². The van der Waals surface area contributed by atoms with Gasteiger partial charge in [0.15, 0.2) is 5.76 Å². The van der Waals surface area contributed by atoms with Crippen LogP contribution in [0.2, 0.25) is 0 Å². The topological polar surface area (TPSA) is 97.4 Å². The molecule has 1 aliphatic carbocycles. The van der Waals surface area contributed by atoms with Crippen molar-refractivity contribution in [2.24, 2.45) is 11.8 Å². The van der Waals surface area contributed by atoms with Crippen molar-refractivity contribution >= 4 is 17.9 Å². The van der Waals surface area contributed by atoms with Crippen LogP contribution in [0.15, 0.2) is 84.9 Å². The van der Waals surface area contributed by atoms with E-state index in [2.05, 4.69) is 13.5 Å². The summed E-state index contributed by atoms with van der Waals surface area (Å²) in [7, 11) is 1.53. The molecule has 8 heteroatoms. The van der Waals surface area contributed by atoms with Gasteiger partial charge in [0, 0.05) is 12.0 Å². The van der Waals surface area contributed by atoms with Gasteiger partial charge in [-0.25, -0.2) is 9.59 Å². The van der Waals surface area contributed by atoms with Crippen molar-refractivity contribution in [1.29, 1.82) is 0 Å². The van der Waals surface area contributed by atoms with Gasteiger partial charge in [0.1, 0.15) is 17.3 Å². The molecule has 0 spiro atoms. The summed E-state index contributed by atoms with van der Waals surface area (Å²) in [4.78, 5) is 36.5. The fourth-order valence-corrected chi connectivity index (χ4v) is 3.94. The highest BCUT2D eigenvalue weighted by Gasteiger charge is 2.33. The summed E-state index contributed by atoms with van der Waals surface area (Å²) in [5.41, 5.74) is 1.49. The predicted molar refractivity (Wildman–Crippen MR) is 145 cm³/mol. The number of methoxy groups -OCH3 is 1. The van der Waals surface area contributed by atoms with Crippen LogP contribution in [-0.2, 0) is 30.2 Å². The molecule has 0 aromatic heterocycles. The Bertz CT molecular complexity index is 1210. The van der Waals surface area contributed by atoms with Gasteiger partial charge in [0.2, 0.25) is 0 Å². The minimum Gasteiger partial charge on any atom is -0.497 e. The van der Waals surface area contributed by atoms with Crippen LogP contribution in [0, 0.1) is 11.8 Å². The van der Waals surface area contributed by atoms with Gasteiger partial charge in [-0.15, -0.1) is 0 Å². The Balaban J connectivity index is 1.51. The molecule has 8 nitrogen and oxygen atoms in total. The molecule has 0 heterocycles. The average molecular weight is 535 g/mol. The van der Waals surface area contributed by atoms with E-state index in [1.165, 1.54) is 7.11 Å². The second-order valence-electron chi connectivity index (χ2n) is 8.87. The standard InChI is InChI=1S/C31H34O8/c1-5-22-9-13-24(14-10-22)38-30(33)23-11-15-25(16-12-23)39-31(34)26-17-18-27(29(35-4)21(26)3)36-19-7-8-20-37-28(32)6-2/h6,9-18,21,26H,2,5,7-8,19-20H2,1,3-4H3. The van der Waals surface area contributed by atoms with Crippen molar-refractivity contribution in [1.82, 2.24) is 0 Å². The largest absolute Gasteiger partial charge is 0.497 e. The first-order valence-electron chi connectivity index (χ1n) is 12.9. The minimum atomic E-state index is -0.582. The quantitative estimate of drug-likeness (QED) is 0.142. The molecule has 2 unspecified atom stereocenters. The highest BCUT2D eigenvalue weighted by atomic mass is 16.5. The lowest BCUT2D eigenvalue weighted by molar-refractivity contribution is -0.139. The van der Waals surface area contributed by atoms with E-state index in [9.17, 15) is 14.4 Å². The van der Waals surface area contributed by atoms with Gasteiger partial charge in [0.05, 0.1) is 31.8 Å². The van der Waals surface area contributed by atoms with Gasteiger partial charge < -0.3 is 23.7 Å². The van der Waals surface area contributed by atoms with Gasteiger partial charge in [-0.3, -0.25) is 4.79 Å². The first kappa shape index (κ1) is 29.2. The molecule has 0 amide bonds. The van der Waals surface area contributed by atoms with E-state index in [1.807, 2.05) is 19.1 Å². The summed E-state index contributed by atoms with van der Waals surface area (Å²) in [5, 5.41) is 0. The molecule has 0 aliphatic heterocycles. The molecular weight excluding hydrogens is 500 g/mol. The third kappa shape index (κ3) is 8.33. The average Bonchev–Trinajstić information content (AvgIpc) is 2.95. The Hall–Kier alpha value is -4.33. The molecule has 39 heavy (non-hydrogen) atoms. The van der Waals surface area contributed by atoms with Crippen molar-refractivity contribution in [2.75, 3.05) is 20.3 Å². The normalized spacial score (nSPS) is 16.3. The van der Waals surface area contributed by atoms with Crippen LogP contribution in [-0.4, -0.2) is 38.2 Å². The SMILES string of the molecule is C=CC(=O)OCCCCOC1=C(OC)C(C)C(C(=O)Oc2ccc(C(=O)Oc3ccc(CC)cc3)cc2)C=C1. The Morgan fingerprint density at radius 3 is 2.21 bits per heavy atom. The highest BCUT2D eigenvalue weighted by molar-refractivity contribution is 5.91. The number of carbonyl (C=O) groups excluding carboxylic acids is 3. The smallest absolute Gasteiger partial charge is 0.343 e. The lowest BCUT2D eigenvalue weighted by Crippen LogP contribution is -2.29. The van der Waals surface area contributed by atoms with Crippen LogP contribution in [0.1, 0.15) is 42.6 Å². The van der Waals surface area contributed by atoms with Crippen LogP contribution < -0.4 is 9.47 Å². The number of aryl methyl sites for hydroxylation is 1. The lowest BCUT2D eigenvalue weighted by atomic mass is 9.87. The van der Waals surface area contributed by atoms with Gasteiger partial charge in [0.25, 0.3) is 0 Å². The zero-order valence-electron chi connectivity index (χ0n) is 22.5. The second kappa shape index (κ2) is 14.6. The minimum absolute atomic E-state index is 0.291. The lowest BCUT2D eigenvalue weighted by Gasteiger charge is -2.26. The van der Waals surface area contributed by atoms with Crippen molar-refractivity contribution in [3.05, 3.63) is 96.0 Å². The number of allylic oxidation sites excluding steroid dienone is 2. The second-order valence-corrected chi connectivity index (χ2v) is 8.87. The van der Waals surface area contributed by atoms with Gasteiger partial charge in [-0.2, -0.15) is 0 Å². The number of ether oxygens (including phenoxy) is 5. The molecule has 2 atom stereocenters. The fraction of sp³-hybridized carbons (Fsp3) is 0.323. The number of benzene rings is 2. The molecule has 0 N–H and O–H groups in total. The molecule has 2 aromatic carbocycles. The zero-order valence-corrected chi connectivity index (χ0v) is 22.5. The van der Waals surface area contributed by atoms with Crippen molar-refractivity contribution in [2.45, 2.75) is 33.1 Å². The van der Waals surface area contributed by atoms with E-state index in [1.54, 1.807) is 48.6 Å². The maximum Gasteiger partial charge on any atom is 0.343 e. The summed E-state index contributed by atoms with van der Waals surface area (Å²) in [6, 6.07) is 13.6. The predicted octanol–water partition coefficient (Wildman–Crippen LogP) is 5.58. The number of unbranched alkanes of at least 4 members (excludes halogenated alkanes) is 1. The first-order chi connectivity index (χ1) is 18.9. The van der Waals surface area contributed by atoms with Gasteiger partial charge in [-0.05, 0) is 67.3 Å². The molecule has 0 bridgehead atoms. The Labute approximate surface area is 228 Å². The summed E-state index contributed by atoms with van der Waals surface area (Å²) in [6.45, 7) is 7.96. The first-order valence-corrected chi connectivity index (χ1v) is 12.9. The number of hydrogen-bond donors (Lipinski definition) is 0. The third-order valence-corrected chi connectivity index (χ3v) is 6.20. The van der Waals surface area contributed by atoms with E-state index in [-0.39, 0.29) is 5.92 Å². The maximum atomic E-state index is 12.9. The van der Waals surface area contributed by atoms with E-state index in [0.717, 1.165) is 18.1 Å². The number of hydrogen-bond acceptors (Lipinski definition) is 8. The van der Waals surface area contributed by atoms with Crippen LogP contribution in [0.5, 0.6) is 11.5 Å². The molecule has 2 aromatic rings. The van der Waals surface area contributed by atoms with Crippen molar-refractivity contribution in [3.8, 4) is 11.5 Å². The monoisotopic (exact) mass is 534 g/mol. The Kier molecular flexibility index (Phi) is 10.9. The fourth-order valence-electron chi connectivity index (χ4n) is 3.94. The molecule has 206 valence electrons. The molecule has 0 saturated heterocycles. The van der Waals surface area contributed by atoms with Crippen molar-refractivity contribution in [3.63, 3.8) is 0 Å². The van der Waals surface area contributed by atoms with Crippen LogP contribution in [0.25, 0.3) is 0 Å². The Morgan fingerprint density at radius 1 is 0.923 bits per heavy atom. The van der Waals surface area contributed by atoms with E-state index < -0.39 is 23.8 Å². The van der Waals surface area contributed by atoms with Crippen molar-refractivity contribution < 1.29 is 38.1 Å². The third-order valence-electron chi connectivity index (χ3n) is 6.20. The summed E-state index contributed by atoms with van der Waals surface area (Å²) < 4.78 is 27.3.